The number of hydrogen-bond donors (Lipinski definition) is 0. The van der Waals surface area contributed by atoms with Gasteiger partial charge in [-0.2, -0.15) is 0 Å². The number of likely N-dealkylation sites (N-methyl/N-ethyl adjacent to an activating group) is 1. The Labute approximate surface area is 142 Å². The number of aromatic nitrogens is 2. The van der Waals surface area contributed by atoms with Crippen molar-refractivity contribution in [2.24, 2.45) is 0 Å². The van der Waals surface area contributed by atoms with E-state index in [4.69, 9.17) is 0 Å². The van der Waals surface area contributed by atoms with E-state index in [1.54, 1.807) is 24.4 Å². The third-order valence-corrected chi connectivity index (χ3v) is 4.77. The summed E-state index contributed by atoms with van der Waals surface area (Å²) in [5.41, 5.74) is 0.349. The molecule has 3 rings (SSSR count). The second-order valence-electron chi connectivity index (χ2n) is 5.76. The van der Waals surface area contributed by atoms with Gasteiger partial charge in [-0.3, -0.25) is 14.6 Å². The van der Waals surface area contributed by atoms with Gasteiger partial charge in [0.2, 0.25) is 5.91 Å². The SMILES string of the molecule is CN(C)C(=O)C1CCCN1C(=O)c1csc(-c2ncccc2F)n1. The molecule has 0 radical (unpaired) electrons. The summed E-state index contributed by atoms with van der Waals surface area (Å²) >= 11 is 1.16. The topological polar surface area (TPSA) is 66.4 Å². The Morgan fingerprint density at radius 3 is 2.92 bits per heavy atom. The number of likely N-dealkylation sites (tertiary alicyclic amines) is 1. The predicted molar refractivity (Wildman–Crippen MR) is 88.1 cm³/mol. The van der Waals surface area contributed by atoms with Crippen molar-refractivity contribution in [3.8, 4) is 10.7 Å². The zero-order valence-corrected chi connectivity index (χ0v) is 14.2. The third kappa shape index (κ3) is 3.01. The molecule has 1 unspecified atom stereocenters. The van der Waals surface area contributed by atoms with E-state index in [9.17, 15) is 14.0 Å². The van der Waals surface area contributed by atoms with Crippen molar-refractivity contribution in [3.63, 3.8) is 0 Å². The molecule has 1 fully saturated rings. The highest BCUT2D eigenvalue weighted by molar-refractivity contribution is 7.13. The number of halogens is 1. The van der Waals surface area contributed by atoms with Crippen LogP contribution in [0.2, 0.25) is 0 Å². The number of pyridine rings is 1. The van der Waals surface area contributed by atoms with Crippen molar-refractivity contribution in [2.45, 2.75) is 18.9 Å². The molecule has 2 amide bonds. The minimum Gasteiger partial charge on any atom is -0.347 e. The molecule has 1 aliphatic heterocycles. The Morgan fingerprint density at radius 2 is 2.21 bits per heavy atom. The van der Waals surface area contributed by atoms with Crippen LogP contribution in [-0.2, 0) is 4.79 Å². The molecule has 8 heteroatoms. The number of thiazole rings is 1. The van der Waals surface area contributed by atoms with Gasteiger partial charge in [0.15, 0.2) is 5.82 Å². The summed E-state index contributed by atoms with van der Waals surface area (Å²) in [7, 11) is 3.35. The van der Waals surface area contributed by atoms with E-state index in [0.717, 1.165) is 17.8 Å². The quantitative estimate of drug-likeness (QED) is 0.851. The Morgan fingerprint density at radius 1 is 1.42 bits per heavy atom. The zero-order valence-electron chi connectivity index (χ0n) is 13.4. The van der Waals surface area contributed by atoms with Gasteiger partial charge in [-0.05, 0) is 25.0 Å². The first-order valence-corrected chi connectivity index (χ1v) is 8.45. The van der Waals surface area contributed by atoms with Gasteiger partial charge in [-0.25, -0.2) is 9.37 Å². The van der Waals surface area contributed by atoms with E-state index < -0.39 is 11.9 Å². The van der Waals surface area contributed by atoms with Crippen LogP contribution in [0.15, 0.2) is 23.7 Å². The van der Waals surface area contributed by atoms with E-state index in [-0.39, 0.29) is 23.2 Å². The summed E-state index contributed by atoms with van der Waals surface area (Å²) in [5.74, 6) is -0.869. The van der Waals surface area contributed by atoms with Crippen LogP contribution in [0, 0.1) is 5.82 Å². The molecule has 0 N–H and O–H groups in total. The zero-order chi connectivity index (χ0) is 17.3. The first-order valence-electron chi connectivity index (χ1n) is 7.57. The Bertz CT molecular complexity index is 777. The van der Waals surface area contributed by atoms with Crippen LogP contribution in [0.5, 0.6) is 0 Å². The molecule has 0 aliphatic carbocycles. The molecule has 0 bridgehead atoms. The Hall–Kier alpha value is -2.35. The van der Waals surface area contributed by atoms with Gasteiger partial charge in [0.05, 0.1) is 0 Å². The normalized spacial score (nSPS) is 17.1. The van der Waals surface area contributed by atoms with Crippen molar-refractivity contribution in [2.75, 3.05) is 20.6 Å². The molecule has 126 valence electrons. The molecule has 1 aliphatic rings. The standard InChI is InChI=1S/C16H17FN4O2S/c1-20(2)16(23)12-6-4-8-21(12)15(22)11-9-24-14(19-11)13-10(17)5-3-7-18-13/h3,5,7,9,12H,4,6,8H2,1-2H3. The average molecular weight is 348 g/mol. The van der Waals surface area contributed by atoms with E-state index in [2.05, 4.69) is 9.97 Å². The lowest BCUT2D eigenvalue weighted by molar-refractivity contribution is -0.132. The summed E-state index contributed by atoms with van der Waals surface area (Å²) in [6.07, 6.45) is 2.91. The largest absolute Gasteiger partial charge is 0.347 e. The summed E-state index contributed by atoms with van der Waals surface area (Å²) in [4.78, 5) is 36.2. The monoisotopic (exact) mass is 348 g/mol. The van der Waals surface area contributed by atoms with Gasteiger partial charge >= 0.3 is 0 Å². The third-order valence-electron chi connectivity index (χ3n) is 3.92. The highest BCUT2D eigenvalue weighted by atomic mass is 32.1. The molecular weight excluding hydrogens is 331 g/mol. The molecule has 6 nitrogen and oxygen atoms in total. The smallest absolute Gasteiger partial charge is 0.274 e. The molecule has 1 atom stereocenters. The van der Waals surface area contributed by atoms with Crippen LogP contribution in [0.1, 0.15) is 23.3 Å². The lowest BCUT2D eigenvalue weighted by atomic mass is 10.2. The van der Waals surface area contributed by atoms with Crippen LogP contribution in [-0.4, -0.2) is 58.3 Å². The Kier molecular flexibility index (Phi) is 4.57. The minimum atomic E-state index is -0.479. The molecule has 0 aromatic carbocycles. The van der Waals surface area contributed by atoms with E-state index in [1.807, 2.05) is 0 Å². The highest BCUT2D eigenvalue weighted by Gasteiger charge is 2.36. The Balaban J connectivity index is 1.84. The summed E-state index contributed by atoms with van der Waals surface area (Å²) in [5, 5.41) is 1.94. The van der Waals surface area contributed by atoms with Crippen LogP contribution in [0.3, 0.4) is 0 Å². The van der Waals surface area contributed by atoms with E-state index in [0.29, 0.717) is 18.0 Å². The maximum Gasteiger partial charge on any atom is 0.274 e. The van der Waals surface area contributed by atoms with Crippen LogP contribution in [0.4, 0.5) is 4.39 Å². The molecule has 3 heterocycles. The molecular formula is C16H17FN4O2S. The number of carbonyl (C=O) groups is 2. The maximum absolute atomic E-state index is 13.8. The number of rotatable bonds is 3. The summed E-state index contributed by atoms with van der Waals surface area (Å²) in [6.45, 7) is 0.522. The fourth-order valence-corrected chi connectivity index (χ4v) is 3.53. The summed E-state index contributed by atoms with van der Waals surface area (Å²) < 4.78 is 13.8. The molecule has 2 aromatic heterocycles. The number of amides is 2. The lowest BCUT2D eigenvalue weighted by Gasteiger charge is -2.25. The van der Waals surface area contributed by atoms with Gasteiger partial charge in [-0.1, -0.05) is 0 Å². The van der Waals surface area contributed by atoms with Gasteiger partial charge in [0, 0.05) is 32.2 Å². The summed E-state index contributed by atoms with van der Waals surface area (Å²) in [6, 6.07) is 2.35. The van der Waals surface area contributed by atoms with Crippen molar-refractivity contribution >= 4 is 23.2 Å². The average Bonchev–Trinajstić information content (AvgIpc) is 3.23. The number of hydrogen-bond acceptors (Lipinski definition) is 5. The second-order valence-corrected chi connectivity index (χ2v) is 6.62. The van der Waals surface area contributed by atoms with Gasteiger partial charge in [0.25, 0.3) is 5.91 Å². The molecule has 0 saturated carbocycles. The highest BCUT2D eigenvalue weighted by Crippen LogP contribution is 2.27. The predicted octanol–water partition coefficient (Wildman–Crippen LogP) is 2.04. The fourth-order valence-electron chi connectivity index (χ4n) is 2.74. The molecule has 0 spiro atoms. The van der Waals surface area contributed by atoms with Gasteiger partial charge < -0.3 is 9.80 Å². The van der Waals surface area contributed by atoms with Crippen LogP contribution < -0.4 is 0 Å². The maximum atomic E-state index is 13.8. The van der Waals surface area contributed by atoms with Crippen molar-refractivity contribution < 1.29 is 14.0 Å². The number of carbonyl (C=O) groups excluding carboxylic acids is 2. The van der Waals surface area contributed by atoms with Gasteiger partial charge in [-0.15, -0.1) is 11.3 Å². The molecule has 24 heavy (non-hydrogen) atoms. The van der Waals surface area contributed by atoms with E-state index in [1.165, 1.54) is 23.2 Å². The molecule has 2 aromatic rings. The van der Waals surface area contributed by atoms with Crippen LogP contribution in [0.25, 0.3) is 10.7 Å². The molecule has 1 saturated heterocycles. The van der Waals surface area contributed by atoms with Crippen LogP contribution >= 0.6 is 11.3 Å². The first kappa shape index (κ1) is 16.5. The van der Waals surface area contributed by atoms with E-state index >= 15 is 0 Å². The lowest BCUT2D eigenvalue weighted by Crippen LogP contribution is -2.45. The van der Waals surface area contributed by atoms with Crippen molar-refractivity contribution in [1.82, 2.24) is 19.8 Å². The minimum absolute atomic E-state index is 0.0907. The van der Waals surface area contributed by atoms with Crippen molar-refractivity contribution in [3.05, 3.63) is 35.2 Å². The fraction of sp³-hybridized carbons (Fsp3) is 0.375. The first-order chi connectivity index (χ1) is 11.5. The van der Waals surface area contributed by atoms with Gasteiger partial charge in [0.1, 0.15) is 22.4 Å². The second kappa shape index (κ2) is 6.64. The number of nitrogens with zero attached hydrogens (tertiary/aromatic N) is 4. The van der Waals surface area contributed by atoms with Crippen molar-refractivity contribution in [1.29, 1.82) is 0 Å².